The van der Waals surface area contributed by atoms with Gasteiger partial charge in [0.25, 0.3) is 5.91 Å². The Labute approximate surface area is 133 Å². The minimum absolute atomic E-state index is 0.114. The van der Waals surface area contributed by atoms with Crippen LogP contribution in [0.3, 0.4) is 0 Å². The standard InChI is InChI=1S/C18H14N2O3/c1-12-16(10-13-6-3-2-4-7-13)17(21)20(19-12)15-9-5-8-14(11-15)18(22)23/h2-11H,1H3,(H,22,23)/b16-10+. The molecule has 0 unspecified atom stereocenters. The van der Waals surface area contributed by atoms with Crippen molar-refractivity contribution in [2.45, 2.75) is 6.92 Å². The number of carbonyl (C=O) groups is 2. The number of aromatic carboxylic acids is 1. The van der Waals surface area contributed by atoms with E-state index in [1.54, 1.807) is 25.1 Å². The number of carboxylic acid groups (broad SMARTS) is 1. The lowest BCUT2D eigenvalue weighted by Crippen LogP contribution is -2.21. The summed E-state index contributed by atoms with van der Waals surface area (Å²) in [5.41, 5.74) is 2.55. The number of carboxylic acids is 1. The maximum absolute atomic E-state index is 12.6. The van der Waals surface area contributed by atoms with Gasteiger partial charge in [-0.15, -0.1) is 0 Å². The molecule has 1 heterocycles. The molecule has 0 bridgehead atoms. The predicted molar refractivity (Wildman–Crippen MR) is 88.4 cm³/mol. The van der Waals surface area contributed by atoms with Gasteiger partial charge in [-0.25, -0.2) is 4.79 Å². The Morgan fingerprint density at radius 3 is 2.57 bits per heavy atom. The molecule has 2 aromatic rings. The summed E-state index contributed by atoms with van der Waals surface area (Å²) in [6, 6.07) is 15.7. The minimum Gasteiger partial charge on any atom is -0.478 e. The lowest BCUT2D eigenvalue weighted by atomic mass is 10.1. The van der Waals surface area contributed by atoms with Crippen molar-refractivity contribution in [1.29, 1.82) is 0 Å². The van der Waals surface area contributed by atoms with Gasteiger partial charge in [0.15, 0.2) is 0 Å². The van der Waals surface area contributed by atoms with Crippen LogP contribution in [0.15, 0.2) is 65.3 Å². The summed E-state index contributed by atoms with van der Waals surface area (Å²) in [6.45, 7) is 1.76. The highest BCUT2D eigenvalue weighted by Gasteiger charge is 2.28. The second-order valence-corrected chi connectivity index (χ2v) is 5.13. The van der Waals surface area contributed by atoms with Gasteiger partial charge in [0, 0.05) is 0 Å². The number of carbonyl (C=O) groups excluding carboxylic acids is 1. The zero-order valence-electron chi connectivity index (χ0n) is 12.4. The molecule has 1 amide bonds. The number of hydrazone groups is 1. The fraction of sp³-hybridized carbons (Fsp3) is 0.0556. The van der Waals surface area contributed by atoms with Gasteiger partial charge in [0.1, 0.15) is 0 Å². The summed E-state index contributed by atoms with van der Waals surface area (Å²) < 4.78 is 0. The maximum Gasteiger partial charge on any atom is 0.335 e. The van der Waals surface area contributed by atoms with Crippen molar-refractivity contribution < 1.29 is 14.7 Å². The Morgan fingerprint density at radius 1 is 1.13 bits per heavy atom. The minimum atomic E-state index is -1.04. The molecule has 0 fully saturated rings. The van der Waals surface area contributed by atoms with E-state index in [4.69, 9.17) is 5.11 Å². The molecule has 0 saturated heterocycles. The molecule has 114 valence electrons. The molecule has 1 N–H and O–H groups in total. The summed E-state index contributed by atoms with van der Waals surface area (Å²) in [5, 5.41) is 14.6. The fourth-order valence-corrected chi connectivity index (χ4v) is 2.35. The van der Waals surface area contributed by atoms with Crippen molar-refractivity contribution >= 4 is 29.4 Å². The molecule has 0 aromatic heterocycles. The van der Waals surface area contributed by atoms with E-state index in [2.05, 4.69) is 5.10 Å². The number of nitrogens with zero attached hydrogens (tertiary/aromatic N) is 2. The zero-order chi connectivity index (χ0) is 16.4. The van der Waals surface area contributed by atoms with Crippen LogP contribution >= 0.6 is 0 Å². The molecule has 3 rings (SSSR count). The molecule has 1 aliphatic heterocycles. The van der Waals surface area contributed by atoms with Gasteiger partial charge in [-0.05, 0) is 36.8 Å². The Morgan fingerprint density at radius 2 is 1.87 bits per heavy atom. The van der Waals surface area contributed by atoms with E-state index >= 15 is 0 Å². The highest BCUT2D eigenvalue weighted by atomic mass is 16.4. The second-order valence-electron chi connectivity index (χ2n) is 5.13. The summed E-state index contributed by atoms with van der Waals surface area (Å²) in [6.07, 6.45) is 1.78. The third-order valence-corrected chi connectivity index (χ3v) is 3.51. The van der Waals surface area contributed by atoms with Gasteiger partial charge in [0.2, 0.25) is 0 Å². The third kappa shape index (κ3) is 2.89. The first-order valence-corrected chi connectivity index (χ1v) is 7.06. The van der Waals surface area contributed by atoms with Crippen molar-refractivity contribution in [3.63, 3.8) is 0 Å². The van der Waals surface area contributed by atoms with Crippen LogP contribution in [0.1, 0.15) is 22.8 Å². The SMILES string of the molecule is CC1=NN(c2cccc(C(=O)O)c2)C(=O)/C1=C/c1ccccc1. The average molecular weight is 306 g/mol. The Balaban J connectivity index is 1.96. The van der Waals surface area contributed by atoms with E-state index in [0.29, 0.717) is 17.0 Å². The van der Waals surface area contributed by atoms with Crippen molar-refractivity contribution in [3.05, 3.63) is 71.3 Å². The molecule has 5 nitrogen and oxygen atoms in total. The van der Waals surface area contributed by atoms with Gasteiger partial charge >= 0.3 is 5.97 Å². The number of anilines is 1. The molecule has 0 spiro atoms. The Kier molecular flexibility index (Phi) is 3.76. The zero-order valence-corrected chi connectivity index (χ0v) is 12.4. The van der Waals surface area contributed by atoms with E-state index in [1.165, 1.54) is 17.1 Å². The van der Waals surface area contributed by atoms with Crippen LogP contribution in [0.5, 0.6) is 0 Å². The topological polar surface area (TPSA) is 70.0 Å². The highest BCUT2D eigenvalue weighted by molar-refractivity contribution is 6.32. The second kappa shape index (κ2) is 5.88. The van der Waals surface area contributed by atoms with Crippen LogP contribution in [-0.2, 0) is 4.79 Å². The Hall–Kier alpha value is -3.21. The first kappa shape index (κ1) is 14.7. The van der Waals surface area contributed by atoms with E-state index in [9.17, 15) is 9.59 Å². The van der Waals surface area contributed by atoms with E-state index < -0.39 is 5.97 Å². The first-order chi connectivity index (χ1) is 11.1. The van der Waals surface area contributed by atoms with Crippen LogP contribution in [0.2, 0.25) is 0 Å². The third-order valence-electron chi connectivity index (χ3n) is 3.51. The van der Waals surface area contributed by atoms with Crippen LogP contribution in [0, 0.1) is 0 Å². The molecule has 0 saturated carbocycles. The fourth-order valence-electron chi connectivity index (χ4n) is 2.35. The van der Waals surface area contributed by atoms with Gasteiger partial charge in [-0.3, -0.25) is 4.79 Å². The van der Waals surface area contributed by atoms with E-state index in [0.717, 1.165) is 5.56 Å². The monoisotopic (exact) mass is 306 g/mol. The van der Waals surface area contributed by atoms with Gasteiger partial charge in [0.05, 0.1) is 22.5 Å². The highest BCUT2D eigenvalue weighted by Crippen LogP contribution is 2.25. The van der Waals surface area contributed by atoms with Crippen LogP contribution < -0.4 is 5.01 Å². The molecule has 0 aliphatic carbocycles. The lowest BCUT2D eigenvalue weighted by molar-refractivity contribution is -0.114. The Bertz CT molecular complexity index is 838. The maximum atomic E-state index is 12.6. The summed E-state index contributed by atoms with van der Waals surface area (Å²) >= 11 is 0. The van der Waals surface area contributed by atoms with Crippen LogP contribution in [0.4, 0.5) is 5.69 Å². The average Bonchev–Trinajstić information content (AvgIpc) is 2.84. The summed E-state index contributed by atoms with van der Waals surface area (Å²) in [4.78, 5) is 23.7. The van der Waals surface area contributed by atoms with Crippen LogP contribution in [0.25, 0.3) is 6.08 Å². The van der Waals surface area contributed by atoms with Gasteiger partial charge < -0.3 is 5.11 Å². The first-order valence-electron chi connectivity index (χ1n) is 7.06. The van der Waals surface area contributed by atoms with Gasteiger partial charge in [-0.1, -0.05) is 36.4 Å². The molecule has 0 radical (unpaired) electrons. The molecule has 1 aliphatic rings. The number of benzene rings is 2. The quantitative estimate of drug-likeness (QED) is 0.885. The normalized spacial score (nSPS) is 15.9. The number of rotatable bonds is 3. The lowest BCUT2D eigenvalue weighted by Gasteiger charge is -2.12. The summed E-state index contributed by atoms with van der Waals surface area (Å²) in [7, 11) is 0. The smallest absolute Gasteiger partial charge is 0.335 e. The van der Waals surface area contributed by atoms with Crippen molar-refractivity contribution in [1.82, 2.24) is 0 Å². The molecular weight excluding hydrogens is 292 g/mol. The molecule has 23 heavy (non-hydrogen) atoms. The predicted octanol–water partition coefficient (Wildman–Crippen LogP) is 3.19. The summed E-state index contributed by atoms with van der Waals surface area (Å²) in [5.74, 6) is -1.31. The van der Waals surface area contributed by atoms with E-state index in [1.807, 2.05) is 30.3 Å². The van der Waals surface area contributed by atoms with Crippen molar-refractivity contribution in [2.24, 2.45) is 5.10 Å². The number of amides is 1. The van der Waals surface area contributed by atoms with Crippen molar-refractivity contribution in [3.8, 4) is 0 Å². The molecule has 0 atom stereocenters. The van der Waals surface area contributed by atoms with Crippen molar-refractivity contribution in [2.75, 3.05) is 5.01 Å². The molecular formula is C18H14N2O3. The number of hydrogen-bond donors (Lipinski definition) is 1. The largest absolute Gasteiger partial charge is 0.478 e. The van der Waals surface area contributed by atoms with E-state index in [-0.39, 0.29) is 11.5 Å². The molecule has 5 heteroatoms. The molecule has 2 aromatic carbocycles. The number of hydrogen-bond acceptors (Lipinski definition) is 3. The van der Waals surface area contributed by atoms with Gasteiger partial charge in [-0.2, -0.15) is 10.1 Å². The van der Waals surface area contributed by atoms with Crippen LogP contribution in [-0.4, -0.2) is 22.7 Å².